The van der Waals surface area contributed by atoms with Gasteiger partial charge in [0.05, 0.1) is 18.1 Å². The minimum absolute atomic E-state index is 0.0109. The molecule has 21 heteroatoms. The Balaban J connectivity index is 6.17. The van der Waals surface area contributed by atoms with E-state index in [-0.39, 0.29) is 113 Å². The molecule has 0 aromatic rings. The number of guanidine groups is 2. The van der Waals surface area contributed by atoms with E-state index >= 15 is 0 Å². The predicted octanol–water partition coefficient (Wildman–Crippen LogP) is 3.10. The average molecular weight is 1020 g/mol. The van der Waals surface area contributed by atoms with Crippen LogP contribution < -0.4 is 55.7 Å². The molecular formula is C51H94N12O9. The summed E-state index contributed by atoms with van der Waals surface area (Å²) in [4.78, 5) is 127. The van der Waals surface area contributed by atoms with Gasteiger partial charge in [-0.05, 0) is 64.2 Å². The van der Waals surface area contributed by atoms with E-state index in [4.69, 9.17) is 34.4 Å². The molecule has 0 bridgehead atoms. The van der Waals surface area contributed by atoms with Crippen molar-refractivity contribution in [3.8, 4) is 0 Å². The van der Waals surface area contributed by atoms with Gasteiger partial charge >= 0.3 is 0 Å². The van der Waals surface area contributed by atoms with Crippen LogP contribution in [0.2, 0.25) is 0 Å². The van der Waals surface area contributed by atoms with E-state index in [1.165, 1.54) is 71.8 Å². The van der Waals surface area contributed by atoms with Crippen molar-refractivity contribution < 1.29 is 43.2 Å². The summed E-state index contributed by atoms with van der Waals surface area (Å²) in [6.07, 6.45) is 15.0. The second kappa shape index (κ2) is 39.9. The number of nitrogens with zero attached hydrogens (tertiary/aromatic N) is 2. The molecule has 0 heterocycles. The van der Waals surface area contributed by atoms with Gasteiger partial charge in [-0.3, -0.25) is 53.1 Å². The number of primary amides is 2. The molecule has 72 heavy (non-hydrogen) atoms. The number of ketones is 3. The van der Waals surface area contributed by atoms with Crippen molar-refractivity contribution in [2.75, 3.05) is 20.1 Å². The third kappa shape index (κ3) is 33.9. The fourth-order valence-electron chi connectivity index (χ4n) is 8.44. The summed E-state index contributed by atoms with van der Waals surface area (Å²) in [5.41, 5.74) is 32.8. The van der Waals surface area contributed by atoms with Crippen LogP contribution in [-0.4, -0.2) is 103 Å². The molecule has 0 aromatic heterocycles. The van der Waals surface area contributed by atoms with Crippen molar-refractivity contribution in [3.63, 3.8) is 0 Å². The number of amides is 6. The van der Waals surface area contributed by atoms with Gasteiger partial charge in [0.1, 0.15) is 0 Å². The highest BCUT2D eigenvalue weighted by molar-refractivity contribution is 5.97. The first-order valence-electron chi connectivity index (χ1n) is 26.5. The Morgan fingerprint density at radius 2 is 0.847 bits per heavy atom. The van der Waals surface area contributed by atoms with Crippen LogP contribution in [0.1, 0.15) is 195 Å². The van der Waals surface area contributed by atoms with E-state index in [9.17, 15) is 43.2 Å². The van der Waals surface area contributed by atoms with E-state index in [1.807, 2.05) is 13.8 Å². The third-order valence-electron chi connectivity index (χ3n) is 12.6. The minimum Gasteiger partial charge on any atom is -0.370 e. The van der Waals surface area contributed by atoms with Crippen LogP contribution in [0.25, 0.3) is 0 Å². The summed E-state index contributed by atoms with van der Waals surface area (Å²) in [6.45, 7) is 7.75. The normalized spacial score (nSPS) is 13.6. The topological polar surface area (TPSA) is 383 Å². The lowest BCUT2D eigenvalue weighted by atomic mass is 9.87. The number of carbonyl (C=O) groups is 9. The third-order valence-corrected chi connectivity index (χ3v) is 12.6. The summed E-state index contributed by atoms with van der Waals surface area (Å²) < 4.78 is 0. The summed E-state index contributed by atoms with van der Waals surface area (Å²) in [6, 6.07) is -3.24. The Kier molecular flexibility index (Phi) is 36.8. The van der Waals surface area contributed by atoms with Gasteiger partial charge in [-0.1, -0.05) is 97.8 Å². The van der Waals surface area contributed by atoms with E-state index in [0.717, 1.165) is 19.3 Å². The second-order valence-electron chi connectivity index (χ2n) is 19.7. The summed E-state index contributed by atoms with van der Waals surface area (Å²) in [5, 5.41) is 10.8. The monoisotopic (exact) mass is 1020 g/mol. The highest BCUT2D eigenvalue weighted by atomic mass is 16.2. The molecule has 6 atom stereocenters. The summed E-state index contributed by atoms with van der Waals surface area (Å²) in [5.74, 6) is -8.24. The van der Waals surface area contributed by atoms with Crippen LogP contribution in [0.5, 0.6) is 0 Å². The molecular weight excluding hydrogens is 925 g/mol. The largest absolute Gasteiger partial charge is 0.370 e. The maximum Gasteiger partial charge on any atom is 0.224 e. The van der Waals surface area contributed by atoms with Gasteiger partial charge in [0.15, 0.2) is 29.3 Å². The zero-order valence-corrected chi connectivity index (χ0v) is 44.4. The molecule has 21 nitrogen and oxygen atoms in total. The Bertz CT molecular complexity index is 1730. The molecule has 0 radical (unpaired) electrons. The number of hydrogen-bond acceptors (Lipinski definition) is 11. The summed E-state index contributed by atoms with van der Waals surface area (Å²) >= 11 is 0. The fourth-order valence-corrected chi connectivity index (χ4v) is 8.44. The highest BCUT2D eigenvalue weighted by Gasteiger charge is 2.34. The number of carbonyl (C=O) groups excluding carboxylic acids is 9. The van der Waals surface area contributed by atoms with Crippen molar-refractivity contribution >= 4 is 64.7 Å². The quantitative estimate of drug-likeness (QED) is 0.0238. The molecule has 0 aliphatic rings. The first-order valence-corrected chi connectivity index (χ1v) is 26.5. The van der Waals surface area contributed by atoms with Crippen LogP contribution in [0, 0.1) is 23.7 Å². The smallest absolute Gasteiger partial charge is 0.224 e. The van der Waals surface area contributed by atoms with Gasteiger partial charge in [0, 0.05) is 76.4 Å². The molecule has 6 amide bonds. The Morgan fingerprint density at radius 3 is 1.28 bits per heavy atom. The lowest BCUT2D eigenvalue weighted by Gasteiger charge is -2.26. The van der Waals surface area contributed by atoms with E-state index < -0.39 is 83.4 Å². The molecule has 0 saturated heterocycles. The van der Waals surface area contributed by atoms with Crippen molar-refractivity contribution in [2.24, 2.45) is 68.1 Å². The van der Waals surface area contributed by atoms with E-state index in [0.29, 0.717) is 12.8 Å². The molecule has 16 N–H and O–H groups in total. The molecule has 0 rings (SSSR count). The van der Waals surface area contributed by atoms with Crippen LogP contribution in [0.15, 0.2) is 9.98 Å². The highest BCUT2D eigenvalue weighted by Crippen LogP contribution is 2.22. The van der Waals surface area contributed by atoms with Crippen molar-refractivity contribution in [1.82, 2.24) is 21.3 Å². The van der Waals surface area contributed by atoms with E-state index in [1.54, 1.807) is 0 Å². The Morgan fingerprint density at radius 1 is 0.444 bits per heavy atom. The number of hydrogen-bond donors (Lipinski definition) is 10. The number of Topliss-reactive ketones (excluding diaryl/α,β-unsaturated/α-hetero) is 3. The standard InChI is InChI=1S/C51H94N12O9/c1-6-7-8-9-10-11-12-13-14-15-16-17-18-23-46(69)62-39(21-19-28-59-50(54)55)43(66)33-38(30-34(2)3)49(72)63-40(22-20-29-60-51(56)57)42(65)32-37(25-27-45(53)68)48(71)61-35(4)41(64)31-36(47(70)58-5)24-26-44(52)67/h34-40H,6-33H2,1-5H3,(H2,52,67)(H2,53,68)(H,58,70)(H,61,71)(H,62,69)(H,63,72)(H4,54,55,59)(H4,56,57,60)/t35-,36+,37+,38+,39-,40-/m0/s1. The molecule has 0 spiro atoms. The van der Waals surface area contributed by atoms with E-state index in [2.05, 4.69) is 38.2 Å². The number of nitrogens with one attached hydrogen (secondary N) is 4. The number of nitrogens with two attached hydrogens (primary N) is 6. The fraction of sp³-hybridized carbons (Fsp3) is 0.784. The van der Waals surface area contributed by atoms with Gasteiger partial charge in [0.2, 0.25) is 35.4 Å². The van der Waals surface area contributed by atoms with Gasteiger partial charge in [-0.25, -0.2) is 0 Å². The van der Waals surface area contributed by atoms with Crippen molar-refractivity contribution in [2.45, 2.75) is 213 Å². The van der Waals surface area contributed by atoms with Crippen molar-refractivity contribution in [3.05, 3.63) is 0 Å². The van der Waals surface area contributed by atoms with Crippen LogP contribution in [-0.2, 0) is 43.2 Å². The molecule has 412 valence electrons. The average Bonchev–Trinajstić information content (AvgIpc) is 3.31. The first-order chi connectivity index (χ1) is 34.1. The molecule has 0 saturated carbocycles. The predicted molar refractivity (Wildman–Crippen MR) is 281 cm³/mol. The van der Waals surface area contributed by atoms with Crippen LogP contribution >= 0.6 is 0 Å². The van der Waals surface area contributed by atoms with Crippen LogP contribution in [0.4, 0.5) is 0 Å². The lowest BCUT2D eigenvalue weighted by Crippen LogP contribution is -2.48. The molecule has 0 aliphatic carbocycles. The van der Waals surface area contributed by atoms with Gasteiger partial charge in [-0.15, -0.1) is 0 Å². The maximum atomic E-state index is 14.2. The van der Waals surface area contributed by atoms with Crippen LogP contribution in [0.3, 0.4) is 0 Å². The minimum atomic E-state index is -1.19. The van der Waals surface area contributed by atoms with Gasteiger partial charge < -0.3 is 55.7 Å². The van der Waals surface area contributed by atoms with Crippen molar-refractivity contribution in [1.29, 1.82) is 0 Å². The molecule has 0 fully saturated rings. The lowest BCUT2D eigenvalue weighted by molar-refractivity contribution is -0.136. The molecule has 0 aliphatic heterocycles. The molecule has 0 unspecified atom stereocenters. The zero-order valence-electron chi connectivity index (χ0n) is 44.4. The Hall–Kier alpha value is -5.63. The number of rotatable bonds is 45. The maximum absolute atomic E-state index is 14.2. The number of aliphatic imine (C=N–C) groups is 2. The summed E-state index contributed by atoms with van der Waals surface area (Å²) in [7, 11) is 1.38. The van der Waals surface area contributed by atoms with Gasteiger partial charge in [0.25, 0.3) is 0 Å². The number of unbranched alkanes of at least 4 members (excludes halogenated alkanes) is 12. The SMILES string of the molecule is CCCCCCCCCCCCCCCC(=O)N[C@@H](CCCN=C(N)N)C(=O)C[C@@H](CC(C)C)C(=O)N[C@@H](CCCN=C(N)N)C(=O)C[C@@H](CCC(N)=O)C(=O)N[C@@H](C)C(=O)C[C@@H](CCC(N)=O)C(=O)NC. The first kappa shape index (κ1) is 66.4. The molecule has 0 aromatic carbocycles. The van der Waals surface area contributed by atoms with Gasteiger partial charge in [-0.2, -0.15) is 0 Å². The Labute approximate surface area is 428 Å². The second-order valence-corrected chi connectivity index (χ2v) is 19.7. The zero-order chi connectivity index (χ0) is 54.4.